The molecule has 0 radical (unpaired) electrons. The van der Waals surface area contributed by atoms with Crippen molar-refractivity contribution in [3.8, 4) is 28.8 Å². The minimum absolute atomic E-state index is 0.383. The first-order valence-corrected chi connectivity index (χ1v) is 8.02. The topological polar surface area (TPSA) is 98.3 Å². The van der Waals surface area contributed by atoms with Gasteiger partial charge in [-0.25, -0.2) is 9.67 Å². The summed E-state index contributed by atoms with van der Waals surface area (Å²) in [5, 5.41) is 15.6. The van der Waals surface area contributed by atoms with Crippen molar-refractivity contribution in [1.29, 1.82) is 0 Å². The Hall–Kier alpha value is -3.29. The lowest BCUT2D eigenvalue weighted by Crippen LogP contribution is -2.01. The molecule has 4 aromatic rings. The molecule has 126 valence electrons. The highest BCUT2D eigenvalue weighted by molar-refractivity contribution is 5.57. The second kappa shape index (κ2) is 5.97. The van der Waals surface area contributed by atoms with Crippen LogP contribution in [0, 0.1) is 13.8 Å². The molecule has 0 atom stereocenters. The molecule has 0 unspecified atom stereocenters. The standard InChI is InChI=1S/C17H17N7O/c1-4-13-8-14(21-20-13)17-19-16(23-25-17)12-5-6-15(18-9-12)24-11(3)7-10(2)22-24/h5-9H,4H2,1-3H3,(H,20,21). The van der Waals surface area contributed by atoms with Crippen LogP contribution >= 0.6 is 0 Å². The molecule has 8 nitrogen and oxygen atoms in total. The molecule has 0 aromatic carbocycles. The van der Waals surface area contributed by atoms with Crippen molar-refractivity contribution in [2.75, 3.05) is 0 Å². The molecule has 0 fully saturated rings. The van der Waals surface area contributed by atoms with Gasteiger partial charge >= 0.3 is 0 Å². The number of nitrogens with zero attached hydrogens (tertiary/aromatic N) is 6. The SMILES string of the molecule is CCc1cc(-c2nc(-c3ccc(-n4nc(C)cc4C)nc3)no2)n[nH]1. The van der Waals surface area contributed by atoms with E-state index in [1.54, 1.807) is 10.9 Å². The quantitative estimate of drug-likeness (QED) is 0.616. The van der Waals surface area contributed by atoms with Crippen LogP contribution in [-0.4, -0.2) is 35.1 Å². The third kappa shape index (κ3) is 2.82. The molecule has 4 aromatic heterocycles. The minimum atomic E-state index is 0.383. The number of rotatable bonds is 4. The zero-order valence-corrected chi connectivity index (χ0v) is 14.2. The van der Waals surface area contributed by atoms with Gasteiger partial charge in [-0.3, -0.25) is 5.10 Å². The van der Waals surface area contributed by atoms with Gasteiger partial charge in [-0.1, -0.05) is 12.1 Å². The van der Waals surface area contributed by atoms with Crippen molar-refractivity contribution in [3.05, 3.63) is 47.5 Å². The first kappa shape index (κ1) is 15.3. The molecule has 4 heterocycles. The van der Waals surface area contributed by atoms with Crippen LogP contribution in [0.15, 0.2) is 35.0 Å². The Morgan fingerprint density at radius 2 is 2.08 bits per heavy atom. The summed E-state index contributed by atoms with van der Waals surface area (Å²) in [5.74, 6) is 1.61. The Morgan fingerprint density at radius 1 is 1.20 bits per heavy atom. The van der Waals surface area contributed by atoms with Crippen molar-refractivity contribution in [3.63, 3.8) is 0 Å². The van der Waals surface area contributed by atoms with E-state index in [2.05, 4.69) is 30.4 Å². The second-order valence-corrected chi connectivity index (χ2v) is 5.80. The maximum atomic E-state index is 5.31. The van der Waals surface area contributed by atoms with Crippen molar-refractivity contribution < 1.29 is 4.52 Å². The van der Waals surface area contributed by atoms with E-state index in [9.17, 15) is 0 Å². The van der Waals surface area contributed by atoms with Crippen LogP contribution in [0.2, 0.25) is 0 Å². The molecule has 25 heavy (non-hydrogen) atoms. The van der Waals surface area contributed by atoms with Gasteiger partial charge in [0.2, 0.25) is 5.82 Å². The highest BCUT2D eigenvalue weighted by Crippen LogP contribution is 2.21. The molecule has 4 rings (SSSR count). The zero-order chi connectivity index (χ0) is 17.4. The van der Waals surface area contributed by atoms with Crippen LogP contribution in [0.5, 0.6) is 0 Å². The first-order chi connectivity index (χ1) is 12.1. The van der Waals surface area contributed by atoms with Crippen molar-refractivity contribution in [2.24, 2.45) is 0 Å². The minimum Gasteiger partial charge on any atom is -0.332 e. The Morgan fingerprint density at radius 3 is 2.72 bits per heavy atom. The fourth-order valence-electron chi connectivity index (χ4n) is 2.60. The predicted molar refractivity (Wildman–Crippen MR) is 91.1 cm³/mol. The highest BCUT2D eigenvalue weighted by Gasteiger charge is 2.14. The lowest BCUT2D eigenvalue weighted by Gasteiger charge is -2.03. The summed E-state index contributed by atoms with van der Waals surface area (Å²) in [6.07, 6.45) is 2.58. The van der Waals surface area contributed by atoms with E-state index >= 15 is 0 Å². The third-order valence-electron chi connectivity index (χ3n) is 3.89. The van der Waals surface area contributed by atoms with Crippen LogP contribution in [0.3, 0.4) is 0 Å². The Labute approximate surface area is 143 Å². The van der Waals surface area contributed by atoms with Crippen molar-refractivity contribution in [2.45, 2.75) is 27.2 Å². The van der Waals surface area contributed by atoms with E-state index in [1.165, 1.54) is 0 Å². The van der Waals surface area contributed by atoms with Gasteiger partial charge in [0.25, 0.3) is 5.89 Å². The van der Waals surface area contributed by atoms with Crippen molar-refractivity contribution in [1.82, 2.24) is 35.1 Å². The fraction of sp³-hybridized carbons (Fsp3) is 0.235. The molecular weight excluding hydrogens is 318 g/mol. The molecule has 0 saturated heterocycles. The Balaban J connectivity index is 1.61. The average molecular weight is 335 g/mol. The molecule has 0 bridgehead atoms. The smallest absolute Gasteiger partial charge is 0.278 e. The van der Waals surface area contributed by atoms with E-state index in [0.717, 1.165) is 34.9 Å². The second-order valence-electron chi connectivity index (χ2n) is 5.80. The van der Waals surface area contributed by atoms with Crippen LogP contribution in [0.25, 0.3) is 28.8 Å². The van der Waals surface area contributed by atoms with E-state index < -0.39 is 0 Å². The van der Waals surface area contributed by atoms with Gasteiger partial charge in [0.1, 0.15) is 0 Å². The predicted octanol–water partition coefficient (Wildman–Crippen LogP) is 2.89. The number of aromatic nitrogens is 7. The summed E-state index contributed by atoms with van der Waals surface area (Å²) < 4.78 is 7.11. The molecule has 8 heteroatoms. The van der Waals surface area contributed by atoms with Crippen LogP contribution in [0.4, 0.5) is 0 Å². The monoisotopic (exact) mass is 335 g/mol. The summed E-state index contributed by atoms with van der Waals surface area (Å²) in [5.41, 5.74) is 4.42. The number of hydrogen-bond donors (Lipinski definition) is 1. The van der Waals surface area contributed by atoms with Gasteiger partial charge in [-0.2, -0.15) is 15.2 Å². The average Bonchev–Trinajstić information content (AvgIpc) is 3.34. The van der Waals surface area contributed by atoms with Gasteiger partial charge in [0.05, 0.1) is 5.69 Å². The van der Waals surface area contributed by atoms with E-state index in [0.29, 0.717) is 17.4 Å². The number of nitrogens with one attached hydrogen (secondary N) is 1. The van der Waals surface area contributed by atoms with Crippen LogP contribution < -0.4 is 0 Å². The van der Waals surface area contributed by atoms with Gasteiger partial charge in [-0.15, -0.1) is 0 Å². The summed E-state index contributed by atoms with van der Waals surface area (Å²) in [4.78, 5) is 8.86. The Kier molecular flexibility index (Phi) is 3.64. The van der Waals surface area contributed by atoms with Gasteiger partial charge in [0, 0.05) is 23.1 Å². The number of H-pyrrole nitrogens is 1. The third-order valence-corrected chi connectivity index (χ3v) is 3.89. The summed E-state index contributed by atoms with van der Waals surface area (Å²) in [6, 6.07) is 7.70. The van der Waals surface area contributed by atoms with E-state index in [1.807, 2.05) is 45.0 Å². The summed E-state index contributed by atoms with van der Waals surface area (Å²) in [7, 11) is 0. The number of aromatic amines is 1. The fourth-order valence-corrected chi connectivity index (χ4v) is 2.60. The summed E-state index contributed by atoms with van der Waals surface area (Å²) >= 11 is 0. The number of pyridine rings is 1. The number of aryl methyl sites for hydroxylation is 3. The molecule has 0 aliphatic rings. The molecule has 0 aliphatic carbocycles. The highest BCUT2D eigenvalue weighted by atomic mass is 16.5. The molecule has 0 aliphatic heterocycles. The van der Waals surface area contributed by atoms with E-state index in [4.69, 9.17) is 4.52 Å². The molecular formula is C17H17N7O. The number of hydrogen-bond acceptors (Lipinski definition) is 6. The van der Waals surface area contributed by atoms with Gasteiger partial charge < -0.3 is 4.52 Å². The van der Waals surface area contributed by atoms with E-state index in [-0.39, 0.29) is 0 Å². The van der Waals surface area contributed by atoms with Crippen LogP contribution in [0.1, 0.15) is 24.0 Å². The van der Waals surface area contributed by atoms with Crippen molar-refractivity contribution >= 4 is 0 Å². The first-order valence-electron chi connectivity index (χ1n) is 8.02. The molecule has 0 spiro atoms. The van der Waals surface area contributed by atoms with Gasteiger partial charge in [-0.05, 0) is 44.5 Å². The van der Waals surface area contributed by atoms with Crippen LogP contribution in [-0.2, 0) is 6.42 Å². The lowest BCUT2D eigenvalue weighted by atomic mass is 10.2. The van der Waals surface area contributed by atoms with Gasteiger partial charge in [0.15, 0.2) is 11.5 Å². The largest absolute Gasteiger partial charge is 0.332 e. The lowest BCUT2D eigenvalue weighted by molar-refractivity contribution is 0.431. The Bertz CT molecular complexity index is 1010. The maximum absolute atomic E-state index is 5.31. The molecule has 0 amide bonds. The normalized spacial score (nSPS) is 11.2. The molecule has 1 N–H and O–H groups in total. The molecule has 0 saturated carbocycles. The summed E-state index contributed by atoms with van der Waals surface area (Å²) in [6.45, 7) is 6.00. The zero-order valence-electron chi connectivity index (χ0n) is 14.2. The maximum Gasteiger partial charge on any atom is 0.278 e.